The first-order valence-electron chi connectivity index (χ1n) is 10.0. The molecule has 29 heavy (non-hydrogen) atoms. The third kappa shape index (κ3) is 5.64. The molecule has 2 amide bonds. The molecule has 0 aliphatic carbocycles. The van der Waals surface area contributed by atoms with Gasteiger partial charge in [-0.15, -0.1) is 0 Å². The molecule has 0 saturated carbocycles. The van der Waals surface area contributed by atoms with Gasteiger partial charge in [0.2, 0.25) is 11.8 Å². The molecule has 1 aliphatic rings. The van der Waals surface area contributed by atoms with Gasteiger partial charge in [-0.05, 0) is 56.1 Å². The summed E-state index contributed by atoms with van der Waals surface area (Å²) in [6.07, 6.45) is 1.71. The van der Waals surface area contributed by atoms with E-state index in [0.29, 0.717) is 6.54 Å². The van der Waals surface area contributed by atoms with Gasteiger partial charge in [0.1, 0.15) is 5.82 Å². The number of carbonyl (C=O) groups excluding carboxylic acids is 2. The van der Waals surface area contributed by atoms with Crippen LogP contribution in [-0.4, -0.2) is 48.3 Å². The van der Waals surface area contributed by atoms with Crippen molar-refractivity contribution < 1.29 is 14.0 Å². The number of nitrogens with one attached hydrogen (secondary N) is 1. The van der Waals surface area contributed by atoms with Crippen LogP contribution in [0.25, 0.3) is 0 Å². The van der Waals surface area contributed by atoms with Crippen LogP contribution in [0.4, 0.5) is 10.1 Å². The number of hydrogen-bond donors (Lipinski definition) is 1. The fourth-order valence-electron chi connectivity index (χ4n) is 3.66. The Morgan fingerprint density at radius 3 is 2.55 bits per heavy atom. The number of likely N-dealkylation sites (N-methyl/N-ethyl adjacent to an activating group) is 1. The average molecular weight is 397 g/mol. The van der Waals surface area contributed by atoms with Crippen molar-refractivity contribution in [3.63, 3.8) is 0 Å². The molecule has 2 aromatic rings. The first-order chi connectivity index (χ1) is 13.9. The molecule has 1 fully saturated rings. The van der Waals surface area contributed by atoms with E-state index in [1.807, 2.05) is 37.3 Å². The lowest BCUT2D eigenvalue weighted by Crippen LogP contribution is -2.46. The molecule has 2 aromatic carbocycles. The van der Waals surface area contributed by atoms with E-state index in [9.17, 15) is 14.0 Å². The van der Waals surface area contributed by atoms with Crippen LogP contribution < -0.4 is 5.32 Å². The number of rotatable bonds is 6. The molecule has 5 nitrogen and oxygen atoms in total. The van der Waals surface area contributed by atoms with Crippen molar-refractivity contribution in [3.05, 3.63) is 66.0 Å². The monoisotopic (exact) mass is 397 g/mol. The summed E-state index contributed by atoms with van der Waals surface area (Å²) in [5.41, 5.74) is 1.68. The molecule has 0 spiro atoms. The highest BCUT2D eigenvalue weighted by Gasteiger charge is 2.28. The maximum atomic E-state index is 13.1. The van der Waals surface area contributed by atoms with Crippen molar-refractivity contribution >= 4 is 17.5 Å². The smallest absolute Gasteiger partial charge is 0.236 e. The van der Waals surface area contributed by atoms with Gasteiger partial charge >= 0.3 is 0 Å². The summed E-state index contributed by atoms with van der Waals surface area (Å²) in [5, 5.41) is 2.96. The number of amides is 2. The number of nitrogens with zero attached hydrogens (tertiary/aromatic N) is 2. The Morgan fingerprint density at radius 1 is 1.17 bits per heavy atom. The lowest BCUT2D eigenvalue weighted by Gasteiger charge is -2.33. The maximum absolute atomic E-state index is 13.1. The Morgan fingerprint density at radius 2 is 1.86 bits per heavy atom. The molecule has 0 unspecified atom stereocenters. The molecule has 1 aliphatic heterocycles. The van der Waals surface area contributed by atoms with E-state index >= 15 is 0 Å². The summed E-state index contributed by atoms with van der Waals surface area (Å²) in [6, 6.07) is 15.5. The third-order valence-corrected chi connectivity index (χ3v) is 5.60. The minimum Gasteiger partial charge on any atom is -0.338 e. The van der Waals surface area contributed by atoms with Gasteiger partial charge in [0, 0.05) is 19.3 Å². The van der Waals surface area contributed by atoms with Crippen molar-refractivity contribution in [2.45, 2.75) is 25.8 Å². The van der Waals surface area contributed by atoms with Crippen LogP contribution in [0, 0.1) is 11.7 Å². The summed E-state index contributed by atoms with van der Waals surface area (Å²) in [5.74, 6) is -0.424. The van der Waals surface area contributed by atoms with Crippen LogP contribution in [0.5, 0.6) is 0 Å². The van der Waals surface area contributed by atoms with Crippen molar-refractivity contribution in [1.82, 2.24) is 9.80 Å². The summed E-state index contributed by atoms with van der Waals surface area (Å²) in [6.45, 7) is 3.58. The summed E-state index contributed by atoms with van der Waals surface area (Å²) in [7, 11) is 1.76. The Labute approximate surface area is 171 Å². The highest BCUT2D eigenvalue weighted by atomic mass is 19.1. The Hall–Kier alpha value is -2.73. The predicted octanol–water partition coefficient (Wildman–Crippen LogP) is 3.70. The van der Waals surface area contributed by atoms with Gasteiger partial charge in [0.05, 0.1) is 18.5 Å². The molecule has 0 radical (unpaired) electrons. The fourth-order valence-corrected chi connectivity index (χ4v) is 3.66. The van der Waals surface area contributed by atoms with Crippen LogP contribution in [0.2, 0.25) is 0 Å². The van der Waals surface area contributed by atoms with Crippen molar-refractivity contribution in [2.24, 2.45) is 5.92 Å². The van der Waals surface area contributed by atoms with E-state index < -0.39 is 0 Å². The van der Waals surface area contributed by atoms with Crippen LogP contribution >= 0.6 is 0 Å². The van der Waals surface area contributed by atoms with E-state index in [2.05, 4.69) is 10.2 Å². The lowest BCUT2D eigenvalue weighted by molar-refractivity contribution is -0.134. The van der Waals surface area contributed by atoms with Gasteiger partial charge in [-0.3, -0.25) is 14.5 Å². The van der Waals surface area contributed by atoms with E-state index in [1.165, 1.54) is 12.1 Å². The number of anilines is 1. The van der Waals surface area contributed by atoms with E-state index in [-0.39, 0.29) is 36.1 Å². The Kier molecular flexibility index (Phi) is 6.99. The molecular weight excluding hydrogens is 369 g/mol. The van der Waals surface area contributed by atoms with Crippen LogP contribution in [-0.2, 0) is 9.59 Å². The topological polar surface area (TPSA) is 52.7 Å². The zero-order chi connectivity index (χ0) is 20.8. The molecule has 6 heteroatoms. The summed E-state index contributed by atoms with van der Waals surface area (Å²) < 4.78 is 13.1. The van der Waals surface area contributed by atoms with Crippen molar-refractivity contribution in [1.29, 1.82) is 0 Å². The fraction of sp³-hybridized carbons (Fsp3) is 0.391. The molecular formula is C23H28FN3O2. The Balaban J connectivity index is 1.54. The van der Waals surface area contributed by atoms with Crippen LogP contribution in [0.1, 0.15) is 31.4 Å². The van der Waals surface area contributed by atoms with Gasteiger partial charge < -0.3 is 10.2 Å². The predicted molar refractivity (Wildman–Crippen MR) is 112 cm³/mol. The second-order valence-electron chi connectivity index (χ2n) is 7.66. The Bertz CT molecular complexity index is 826. The van der Waals surface area contributed by atoms with Gasteiger partial charge in [-0.1, -0.05) is 30.3 Å². The van der Waals surface area contributed by atoms with Gasteiger partial charge in [-0.2, -0.15) is 0 Å². The minimum atomic E-state index is -0.289. The molecule has 2 atom stereocenters. The summed E-state index contributed by atoms with van der Waals surface area (Å²) >= 11 is 0. The van der Waals surface area contributed by atoms with Gasteiger partial charge in [-0.25, -0.2) is 4.39 Å². The number of benzene rings is 2. The molecule has 0 aromatic heterocycles. The number of hydrogen-bond acceptors (Lipinski definition) is 3. The largest absolute Gasteiger partial charge is 0.338 e. The highest BCUT2D eigenvalue weighted by molar-refractivity contribution is 5.92. The average Bonchev–Trinajstić information content (AvgIpc) is 2.74. The van der Waals surface area contributed by atoms with Crippen molar-refractivity contribution in [3.8, 4) is 0 Å². The first-order valence-corrected chi connectivity index (χ1v) is 10.0. The van der Waals surface area contributed by atoms with Gasteiger partial charge in [0.15, 0.2) is 0 Å². The molecule has 1 N–H and O–H groups in total. The zero-order valence-corrected chi connectivity index (χ0v) is 17.0. The molecule has 0 bridgehead atoms. The van der Waals surface area contributed by atoms with Gasteiger partial charge in [0.25, 0.3) is 0 Å². The van der Waals surface area contributed by atoms with E-state index in [0.717, 1.165) is 30.6 Å². The number of carbonyl (C=O) groups is 2. The quantitative estimate of drug-likeness (QED) is 0.809. The highest BCUT2D eigenvalue weighted by Crippen LogP contribution is 2.22. The molecule has 1 saturated heterocycles. The zero-order valence-electron chi connectivity index (χ0n) is 17.0. The maximum Gasteiger partial charge on any atom is 0.236 e. The lowest BCUT2D eigenvalue weighted by atomic mass is 9.97. The van der Waals surface area contributed by atoms with E-state index in [1.54, 1.807) is 24.1 Å². The normalized spacial score (nSPS) is 18.1. The number of piperidine rings is 1. The number of halogens is 1. The van der Waals surface area contributed by atoms with Crippen molar-refractivity contribution in [2.75, 3.05) is 32.0 Å². The molecule has 154 valence electrons. The summed E-state index contributed by atoms with van der Waals surface area (Å²) in [4.78, 5) is 29.1. The third-order valence-electron chi connectivity index (χ3n) is 5.60. The SMILES string of the molecule is C[C@H](c1ccc(F)cc1)N(C)C(=O)CN1CCC[C@@H](C(=O)Nc2ccccc2)C1. The second-order valence-corrected chi connectivity index (χ2v) is 7.66. The molecule has 3 rings (SSSR count). The van der Waals surface area contributed by atoms with Crippen LogP contribution in [0.3, 0.4) is 0 Å². The minimum absolute atomic E-state index is 0.00128. The van der Waals surface area contributed by atoms with E-state index in [4.69, 9.17) is 0 Å². The second kappa shape index (κ2) is 9.65. The standard InChI is InChI=1S/C23H28FN3O2/c1-17(18-10-12-20(24)13-11-18)26(2)22(28)16-27-14-6-7-19(15-27)23(29)25-21-8-4-3-5-9-21/h3-5,8-13,17,19H,6-7,14-16H2,1-2H3,(H,25,29)/t17-,19-/m1/s1. The van der Waals surface area contributed by atoms with Crippen LogP contribution in [0.15, 0.2) is 54.6 Å². The number of para-hydroxylation sites is 1. The molecule has 1 heterocycles. The number of likely N-dealkylation sites (tertiary alicyclic amines) is 1. The first kappa shape index (κ1) is 21.0.